The van der Waals surface area contributed by atoms with Crippen molar-refractivity contribution in [2.75, 3.05) is 12.4 Å². The number of amides is 1. The maximum atomic E-state index is 11.4. The van der Waals surface area contributed by atoms with Crippen molar-refractivity contribution < 1.29 is 14.3 Å². The molecule has 0 aliphatic carbocycles. The quantitative estimate of drug-likeness (QED) is 0.654. The molecule has 1 aromatic carbocycles. The third kappa shape index (κ3) is 4.67. The van der Waals surface area contributed by atoms with Crippen LogP contribution < -0.4 is 10.6 Å². The number of methoxy groups -OCH3 is 1. The Balaban J connectivity index is 2.61. The number of hydrogen-bond acceptors (Lipinski definition) is 4. The van der Waals surface area contributed by atoms with Crippen molar-refractivity contribution in [2.24, 2.45) is 5.92 Å². The van der Waals surface area contributed by atoms with Crippen molar-refractivity contribution in [3.63, 3.8) is 0 Å². The molecule has 0 bridgehead atoms. The second-order valence-corrected chi connectivity index (χ2v) is 4.58. The second-order valence-electron chi connectivity index (χ2n) is 4.17. The smallest absolute Gasteiger partial charge is 0.337 e. The van der Waals surface area contributed by atoms with Gasteiger partial charge in [0.25, 0.3) is 0 Å². The molecule has 0 spiro atoms. The summed E-state index contributed by atoms with van der Waals surface area (Å²) in [6.45, 7) is 3.56. The van der Waals surface area contributed by atoms with Gasteiger partial charge in [0.1, 0.15) is 0 Å². The number of carbonyl (C=O) groups excluding carboxylic acids is 2. The SMILES string of the molecule is COC(=O)c1ccc(NC(=S)NC(=O)C(C)C)cc1. The number of rotatable bonds is 3. The van der Waals surface area contributed by atoms with E-state index in [4.69, 9.17) is 12.2 Å². The van der Waals surface area contributed by atoms with Gasteiger partial charge < -0.3 is 15.4 Å². The van der Waals surface area contributed by atoms with E-state index in [-0.39, 0.29) is 16.9 Å². The first-order valence-electron chi connectivity index (χ1n) is 5.74. The number of anilines is 1. The Kier molecular flexibility index (Phi) is 5.44. The third-order valence-corrected chi connectivity index (χ3v) is 2.53. The summed E-state index contributed by atoms with van der Waals surface area (Å²) in [4.78, 5) is 22.7. The minimum Gasteiger partial charge on any atom is -0.465 e. The summed E-state index contributed by atoms with van der Waals surface area (Å²) >= 11 is 5.00. The summed E-state index contributed by atoms with van der Waals surface area (Å²) in [5.74, 6) is -0.688. The summed E-state index contributed by atoms with van der Waals surface area (Å²) in [6, 6.07) is 6.59. The summed E-state index contributed by atoms with van der Waals surface area (Å²) < 4.78 is 4.59. The largest absolute Gasteiger partial charge is 0.465 e. The Labute approximate surface area is 117 Å². The molecule has 5 nitrogen and oxygen atoms in total. The highest BCUT2D eigenvalue weighted by Crippen LogP contribution is 2.10. The first-order valence-corrected chi connectivity index (χ1v) is 6.15. The molecule has 0 unspecified atom stereocenters. The monoisotopic (exact) mass is 280 g/mol. The number of ether oxygens (including phenoxy) is 1. The third-order valence-electron chi connectivity index (χ3n) is 2.32. The fourth-order valence-electron chi connectivity index (χ4n) is 1.23. The van der Waals surface area contributed by atoms with Gasteiger partial charge in [-0.1, -0.05) is 13.8 Å². The van der Waals surface area contributed by atoms with Crippen LogP contribution in [0.2, 0.25) is 0 Å². The van der Waals surface area contributed by atoms with Gasteiger partial charge in [-0.3, -0.25) is 4.79 Å². The van der Waals surface area contributed by atoms with Crippen LogP contribution in [0.15, 0.2) is 24.3 Å². The molecule has 0 aliphatic rings. The molecular formula is C13H16N2O3S. The van der Waals surface area contributed by atoms with Crippen LogP contribution in [0.1, 0.15) is 24.2 Å². The predicted octanol–water partition coefficient (Wildman–Crippen LogP) is 1.94. The molecule has 0 heterocycles. The number of thiocarbonyl (C=S) groups is 1. The zero-order valence-electron chi connectivity index (χ0n) is 11.0. The van der Waals surface area contributed by atoms with Gasteiger partial charge in [0.05, 0.1) is 12.7 Å². The van der Waals surface area contributed by atoms with Crippen LogP contribution in [-0.2, 0) is 9.53 Å². The maximum absolute atomic E-state index is 11.4. The molecule has 0 atom stereocenters. The van der Waals surface area contributed by atoms with E-state index in [1.807, 2.05) is 0 Å². The Hall–Kier alpha value is -1.95. The lowest BCUT2D eigenvalue weighted by atomic mass is 10.2. The molecule has 0 aliphatic heterocycles. The average molecular weight is 280 g/mol. The zero-order chi connectivity index (χ0) is 14.4. The van der Waals surface area contributed by atoms with Crippen molar-refractivity contribution in [1.82, 2.24) is 5.32 Å². The molecule has 0 radical (unpaired) electrons. The summed E-state index contributed by atoms with van der Waals surface area (Å²) in [5, 5.41) is 5.65. The van der Waals surface area contributed by atoms with Gasteiger partial charge in [-0.15, -0.1) is 0 Å². The minimum absolute atomic E-state index is 0.138. The number of carbonyl (C=O) groups is 2. The van der Waals surface area contributed by atoms with Crippen molar-refractivity contribution in [3.05, 3.63) is 29.8 Å². The van der Waals surface area contributed by atoms with E-state index in [0.29, 0.717) is 11.3 Å². The van der Waals surface area contributed by atoms with Crippen LogP contribution in [0.25, 0.3) is 0 Å². The molecule has 1 amide bonds. The molecule has 102 valence electrons. The first kappa shape index (κ1) is 15.1. The minimum atomic E-state index is -0.401. The van der Waals surface area contributed by atoms with Crippen molar-refractivity contribution in [3.8, 4) is 0 Å². The van der Waals surface area contributed by atoms with Gasteiger partial charge in [0.2, 0.25) is 5.91 Å². The number of nitrogens with one attached hydrogen (secondary N) is 2. The molecular weight excluding hydrogens is 264 g/mol. The van der Waals surface area contributed by atoms with Crippen LogP contribution in [0.5, 0.6) is 0 Å². The summed E-state index contributed by atoms with van der Waals surface area (Å²) in [7, 11) is 1.32. The number of benzene rings is 1. The lowest BCUT2D eigenvalue weighted by molar-refractivity contribution is -0.122. The molecule has 1 rings (SSSR count). The normalized spacial score (nSPS) is 9.89. The molecule has 0 fully saturated rings. The maximum Gasteiger partial charge on any atom is 0.337 e. The Morgan fingerprint density at radius 1 is 1.21 bits per heavy atom. The summed E-state index contributed by atoms with van der Waals surface area (Å²) in [6.07, 6.45) is 0. The molecule has 19 heavy (non-hydrogen) atoms. The van der Waals surface area contributed by atoms with E-state index in [1.165, 1.54) is 7.11 Å². The van der Waals surface area contributed by atoms with E-state index < -0.39 is 5.97 Å². The van der Waals surface area contributed by atoms with E-state index in [9.17, 15) is 9.59 Å². The number of hydrogen-bond donors (Lipinski definition) is 2. The highest BCUT2D eigenvalue weighted by Gasteiger charge is 2.09. The van der Waals surface area contributed by atoms with Gasteiger partial charge in [0, 0.05) is 11.6 Å². The molecule has 6 heteroatoms. The Bertz CT molecular complexity index is 483. The van der Waals surface area contributed by atoms with Crippen molar-refractivity contribution in [1.29, 1.82) is 0 Å². The fraction of sp³-hybridized carbons (Fsp3) is 0.308. The van der Waals surface area contributed by atoms with Crippen LogP contribution in [-0.4, -0.2) is 24.1 Å². The van der Waals surface area contributed by atoms with Crippen LogP contribution in [0.3, 0.4) is 0 Å². The predicted molar refractivity (Wildman–Crippen MR) is 77.0 cm³/mol. The second kappa shape index (κ2) is 6.84. The highest BCUT2D eigenvalue weighted by molar-refractivity contribution is 7.80. The molecule has 0 saturated heterocycles. The van der Waals surface area contributed by atoms with E-state index in [0.717, 1.165) is 0 Å². The Morgan fingerprint density at radius 3 is 2.26 bits per heavy atom. The highest BCUT2D eigenvalue weighted by atomic mass is 32.1. The zero-order valence-corrected chi connectivity index (χ0v) is 11.8. The van der Waals surface area contributed by atoms with Crippen LogP contribution in [0.4, 0.5) is 5.69 Å². The van der Waals surface area contributed by atoms with Gasteiger partial charge in [-0.05, 0) is 36.5 Å². The fourth-order valence-corrected chi connectivity index (χ4v) is 1.44. The van der Waals surface area contributed by atoms with Crippen molar-refractivity contribution in [2.45, 2.75) is 13.8 Å². The lowest BCUT2D eigenvalue weighted by Crippen LogP contribution is -2.36. The van der Waals surface area contributed by atoms with Gasteiger partial charge in [-0.25, -0.2) is 4.79 Å². The summed E-state index contributed by atoms with van der Waals surface area (Å²) in [5.41, 5.74) is 1.13. The van der Waals surface area contributed by atoms with Gasteiger partial charge >= 0.3 is 5.97 Å². The van der Waals surface area contributed by atoms with Crippen LogP contribution >= 0.6 is 12.2 Å². The van der Waals surface area contributed by atoms with E-state index >= 15 is 0 Å². The molecule has 2 N–H and O–H groups in total. The topological polar surface area (TPSA) is 67.4 Å². The standard InChI is InChI=1S/C13H16N2O3S/c1-8(2)11(16)15-13(19)14-10-6-4-9(5-7-10)12(17)18-3/h4-8H,1-3H3,(H2,14,15,16,19). The van der Waals surface area contributed by atoms with Crippen molar-refractivity contribution >= 4 is 34.9 Å². The average Bonchev–Trinajstić information content (AvgIpc) is 2.38. The van der Waals surface area contributed by atoms with Gasteiger partial charge in [-0.2, -0.15) is 0 Å². The van der Waals surface area contributed by atoms with E-state index in [1.54, 1.807) is 38.1 Å². The number of esters is 1. The molecule has 0 saturated carbocycles. The molecule has 1 aromatic rings. The van der Waals surface area contributed by atoms with Crippen LogP contribution in [0, 0.1) is 5.92 Å². The van der Waals surface area contributed by atoms with Gasteiger partial charge in [0.15, 0.2) is 5.11 Å². The Morgan fingerprint density at radius 2 is 1.79 bits per heavy atom. The molecule has 0 aromatic heterocycles. The lowest BCUT2D eigenvalue weighted by Gasteiger charge is -2.11. The first-order chi connectivity index (χ1) is 8.93. The van der Waals surface area contributed by atoms with E-state index in [2.05, 4.69) is 15.4 Å².